The van der Waals surface area contributed by atoms with Gasteiger partial charge in [0.05, 0.1) is 28.4 Å². The molecule has 1 aliphatic rings. The highest BCUT2D eigenvalue weighted by atomic mass is 32.1. The number of benzene rings is 1. The number of halogens is 3. The minimum Gasteiger partial charge on any atom is -0.362 e. The third kappa shape index (κ3) is 5.01. The molecule has 3 aromatic rings. The van der Waals surface area contributed by atoms with Crippen molar-refractivity contribution >= 4 is 17.2 Å². The fourth-order valence-corrected chi connectivity index (χ4v) is 4.44. The topological polar surface area (TPSA) is 65.7 Å². The Hall–Kier alpha value is -3.38. The Morgan fingerprint density at radius 3 is 2.55 bits per heavy atom. The number of hydrogen-bond donors (Lipinski definition) is 0. The molecule has 3 heterocycles. The second kappa shape index (κ2) is 9.24. The second-order valence-electron chi connectivity index (χ2n) is 8.05. The highest BCUT2D eigenvalue weighted by Gasteiger charge is 2.37. The third-order valence-electron chi connectivity index (χ3n) is 5.90. The summed E-state index contributed by atoms with van der Waals surface area (Å²) in [5.41, 5.74) is 1.18. The molecule has 1 saturated heterocycles. The summed E-state index contributed by atoms with van der Waals surface area (Å²) in [6.45, 7) is 1.06. The van der Waals surface area contributed by atoms with Crippen LogP contribution in [0.5, 0.6) is 0 Å². The van der Waals surface area contributed by atoms with Gasteiger partial charge in [-0.15, -0.1) is 0 Å². The lowest BCUT2D eigenvalue weighted by molar-refractivity contribution is -0.137. The van der Waals surface area contributed by atoms with Gasteiger partial charge in [0, 0.05) is 31.0 Å². The lowest BCUT2D eigenvalue weighted by Crippen LogP contribution is -2.43. The van der Waals surface area contributed by atoms with Gasteiger partial charge in [-0.3, -0.25) is 4.98 Å². The summed E-state index contributed by atoms with van der Waals surface area (Å²) in [7, 11) is 0. The molecule has 0 saturated carbocycles. The number of alkyl halides is 3. The standard InChI is InChI=1S/C24H20F3N5S/c25-24(26,27)18-4-1-3-17(13-18)14-23(15-28)7-11-32(12-8-23)22(33)19-5-2-9-30-21(19)20-6-10-29-16-31-20/h1-6,9-10,13,16H,7-8,11-12,14H2. The van der Waals surface area contributed by atoms with Crippen LogP contribution in [0.1, 0.15) is 29.5 Å². The summed E-state index contributed by atoms with van der Waals surface area (Å²) in [5.74, 6) is 0. The average molecular weight is 468 g/mol. The maximum Gasteiger partial charge on any atom is 0.416 e. The van der Waals surface area contributed by atoms with Gasteiger partial charge in [-0.2, -0.15) is 18.4 Å². The van der Waals surface area contributed by atoms with Crippen LogP contribution in [0.2, 0.25) is 0 Å². The molecule has 0 spiro atoms. The number of nitrogens with zero attached hydrogens (tertiary/aromatic N) is 5. The number of nitriles is 1. The largest absolute Gasteiger partial charge is 0.416 e. The van der Waals surface area contributed by atoms with E-state index in [1.165, 1.54) is 12.4 Å². The van der Waals surface area contributed by atoms with Crippen molar-refractivity contribution in [2.75, 3.05) is 13.1 Å². The molecular weight excluding hydrogens is 447 g/mol. The normalized spacial score (nSPS) is 15.6. The van der Waals surface area contributed by atoms with Gasteiger partial charge in [-0.05, 0) is 49.1 Å². The molecular formula is C24H20F3N5S. The van der Waals surface area contributed by atoms with E-state index in [-0.39, 0.29) is 6.42 Å². The molecule has 0 aliphatic carbocycles. The molecule has 4 rings (SSSR count). The van der Waals surface area contributed by atoms with E-state index in [2.05, 4.69) is 21.0 Å². The van der Waals surface area contributed by atoms with Crippen LogP contribution in [0.3, 0.4) is 0 Å². The second-order valence-corrected chi connectivity index (χ2v) is 8.44. The van der Waals surface area contributed by atoms with Gasteiger partial charge in [0.1, 0.15) is 11.3 Å². The number of thiocarbonyl (C=S) groups is 1. The smallest absolute Gasteiger partial charge is 0.362 e. The zero-order valence-electron chi connectivity index (χ0n) is 17.6. The Balaban J connectivity index is 1.50. The number of pyridine rings is 1. The van der Waals surface area contributed by atoms with Crippen LogP contribution in [0.25, 0.3) is 11.4 Å². The van der Waals surface area contributed by atoms with Crippen LogP contribution >= 0.6 is 12.2 Å². The van der Waals surface area contributed by atoms with E-state index in [0.717, 1.165) is 17.7 Å². The first-order valence-electron chi connectivity index (χ1n) is 10.4. The predicted molar refractivity (Wildman–Crippen MR) is 121 cm³/mol. The maximum absolute atomic E-state index is 13.1. The molecule has 1 fully saturated rings. The Morgan fingerprint density at radius 1 is 1.09 bits per heavy atom. The summed E-state index contributed by atoms with van der Waals surface area (Å²) in [6, 6.07) is 13.1. The minimum absolute atomic E-state index is 0.271. The molecule has 0 atom stereocenters. The predicted octanol–water partition coefficient (Wildman–Crippen LogP) is 5.08. The summed E-state index contributed by atoms with van der Waals surface area (Å²) < 4.78 is 39.2. The van der Waals surface area contributed by atoms with Crippen molar-refractivity contribution in [2.24, 2.45) is 5.41 Å². The summed E-state index contributed by atoms with van der Waals surface area (Å²) in [4.78, 5) is 15.3. The summed E-state index contributed by atoms with van der Waals surface area (Å²) in [5, 5.41) is 9.92. The van der Waals surface area contributed by atoms with Gasteiger partial charge in [-0.1, -0.05) is 30.4 Å². The molecule has 0 unspecified atom stereocenters. The number of piperidine rings is 1. The highest BCUT2D eigenvalue weighted by Crippen LogP contribution is 2.37. The van der Waals surface area contributed by atoms with E-state index in [1.54, 1.807) is 24.5 Å². The molecule has 1 aromatic carbocycles. The van der Waals surface area contributed by atoms with Gasteiger partial charge in [0.15, 0.2) is 0 Å². The molecule has 33 heavy (non-hydrogen) atoms. The van der Waals surface area contributed by atoms with Crippen molar-refractivity contribution in [3.63, 3.8) is 0 Å². The number of hydrogen-bond acceptors (Lipinski definition) is 5. The monoisotopic (exact) mass is 467 g/mol. The number of aromatic nitrogens is 3. The van der Waals surface area contributed by atoms with Crippen LogP contribution in [0.4, 0.5) is 13.2 Å². The Morgan fingerprint density at radius 2 is 1.88 bits per heavy atom. The highest BCUT2D eigenvalue weighted by molar-refractivity contribution is 7.80. The number of likely N-dealkylation sites (tertiary alicyclic amines) is 1. The first kappa shape index (κ1) is 22.8. The number of rotatable bonds is 4. The van der Waals surface area contributed by atoms with Gasteiger partial charge in [0.2, 0.25) is 0 Å². The van der Waals surface area contributed by atoms with Crippen molar-refractivity contribution in [1.29, 1.82) is 5.26 Å². The SMILES string of the molecule is N#CC1(Cc2cccc(C(F)(F)F)c2)CCN(C(=S)c2cccnc2-c2ccncn2)CC1. The molecule has 0 N–H and O–H groups in total. The van der Waals surface area contributed by atoms with Crippen molar-refractivity contribution in [3.05, 3.63) is 77.9 Å². The maximum atomic E-state index is 13.1. The van der Waals surface area contributed by atoms with Crippen molar-refractivity contribution in [3.8, 4) is 17.5 Å². The molecule has 9 heteroatoms. The Kier molecular flexibility index (Phi) is 6.38. The van der Waals surface area contributed by atoms with E-state index in [9.17, 15) is 18.4 Å². The molecule has 2 aromatic heterocycles. The molecule has 0 radical (unpaired) electrons. The van der Waals surface area contributed by atoms with Crippen molar-refractivity contribution in [1.82, 2.24) is 19.9 Å². The van der Waals surface area contributed by atoms with Crippen LogP contribution in [-0.2, 0) is 12.6 Å². The van der Waals surface area contributed by atoms with E-state index in [4.69, 9.17) is 12.2 Å². The van der Waals surface area contributed by atoms with E-state index in [1.807, 2.05) is 17.0 Å². The van der Waals surface area contributed by atoms with Crippen LogP contribution in [0, 0.1) is 16.7 Å². The van der Waals surface area contributed by atoms with Gasteiger partial charge >= 0.3 is 6.18 Å². The first-order valence-corrected chi connectivity index (χ1v) is 10.8. The molecule has 168 valence electrons. The van der Waals surface area contributed by atoms with E-state index >= 15 is 0 Å². The molecule has 0 bridgehead atoms. The van der Waals surface area contributed by atoms with Crippen molar-refractivity contribution in [2.45, 2.75) is 25.4 Å². The fourth-order valence-electron chi connectivity index (χ4n) is 4.10. The average Bonchev–Trinajstić information content (AvgIpc) is 2.84. The Labute approximate surface area is 194 Å². The Bertz CT molecular complexity index is 1180. The summed E-state index contributed by atoms with van der Waals surface area (Å²) >= 11 is 5.76. The van der Waals surface area contributed by atoms with Gasteiger partial charge < -0.3 is 4.90 Å². The lowest BCUT2D eigenvalue weighted by Gasteiger charge is -2.39. The lowest BCUT2D eigenvalue weighted by atomic mass is 9.75. The van der Waals surface area contributed by atoms with Crippen LogP contribution in [-0.4, -0.2) is 37.9 Å². The molecule has 5 nitrogen and oxygen atoms in total. The molecule has 0 amide bonds. The zero-order chi connectivity index (χ0) is 23.5. The van der Waals surface area contributed by atoms with E-state index in [0.29, 0.717) is 47.9 Å². The fraction of sp³-hybridized carbons (Fsp3) is 0.292. The quantitative estimate of drug-likeness (QED) is 0.499. The van der Waals surface area contributed by atoms with Crippen LogP contribution in [0.15, 0.2) is 61.2 Å². The zero-order valence-corrected chi connectivity index (χ0v) is 18.4. The van der Waals surface area contributed by atoms with Crippen LogP contribution < -0.4 is 0 Å². The van der Waals surface area contributed by atoms with E-state index < -0.39 is 17.2 Å². The third-order valence-corrected chi connectivity index (χ3v) is 6.38. The first-order chi connectivity index (χ1) is 15.8. The minimum atomic E-state index is -4.41. The molecule has 1 aliphatic heterocycles. The summed E-state index contributed by atoms with van der Waals surface area (Å²) in [6.07, 6.45) is 1.64. The van der Waals surface area contributed by atoms with Gasteiger partial charge in [-0.25, -0.2) is 9.97 Å². The van der Waals surface area contributed by atoms with Gasteiger partial charge in [0.25, 0.3) is 0 Å². The van der Waals surface area contributed by atoms with Crippen molar-refractivity contribution < 1.29 is 13.2 Å².